The van der Waals surface area contributed by atoms with E-state index in [1.54, 1.807) is 48.3 Å². The first-order valence-electron chi connectivity index (χ1n) is 9.16. The SMILES string of the molecule is Cc1nn(CC(C)C(=O)Nc2ccc(NC(=O)c3ccn(C)n3)cc2)c(C)c1Br. The van der Waals surface area contributed by atoms with E-state index in [1.165, 1.54) is 0 Å². The third-order valence-corrected chi connectivity index (χ3v) is 5.69. The quantitative estimate of drug-likeness (QED) is 0.590. The topological polar surface area (TPSA) is 93.8 Å². The molecular weight excluding hydrogens is 436 g/mol. The fourth-order valence-electron chi connectivity index (χ4n) is 2.83. The molecule has 0 radical (unpaired) electrons. The van der Waals surface area contributed by atoms with Crippen LogP contribution in [0.5, 0.6) is 0 Å². The minimum Gasteiger partial charge on any atom is -0.326 e. The van der Waals surface area contributed by atoms with Crippen molar-refractivity contribution in [3.8, 4) is 0 Å². The van der Waals surface area contributed by atoms with Crippen LogP contribution in [0.1, 0.15) is 28.8 Å². The van der Waals surface area contributed by atoms with Crippen LogP contribution in [0.2, 0.25) is 0 Å². The first kappa shape index (κ1) is 20.8. The van der Waals surface area contributed by atoms with Crippen molar-refractivity contribution in [2.45, 2.75) is 27.3 Å². The predicted octanol–water partition coefficient (Wildman–Crippen LogP) is 3.52. The van der Waals surface area contributed by atoms with Crippen molar-refractivity contribution in [2.24, 2.45) is 13.0 Å². The van der Waals surface area contributed by atoms with Gasteiger partial charge in [0.15, 0.2) is 5.69 Å². The smallest absolute Gasteiger partial charge is 0.276 e. The van der Waals surface area contributed by atoms with Crippen LogP contribution in [0.4, 0.5) is 11.4 Å². The maximum Gasteiger partial charge on any atom is 0.276 e. The maximum absolute atomic E-state index is 12.5. The Morgan fingerprint density at radius 1 is 1.07 bits per heavy atom. The largest absolute Gasteiger partial charge is 0.326 e. The van der Waals surface area contributed by atoms with Gasteiger partial charge in [0.25, 0.3) is 5.91 Å². The number of rotatable bonds is 6. The first-order valence-corrected chi connectivity index (χ1v) is 9.95. The van der Waals surface area contributed by atoms with Gasteiger partial charge in [-0.2, -0.15) is 10.2 Å². The van der Waals surface area contributed by atoms with E-state index in [-0.39, 0.29) is 17.7 Å². The molecule has 1 unspecified atom stereocenters. The number of aromatic nitrogens is 4. The molecule has 3 aromatic rings. The summed E-state index contributed by atoms with van der Waals surface area (Å²) in [6, 6.07) is 8.61. The number of carbonyl (C=O) groups is 2. The van der Waals surface area contributed by atoms with Gasteiger partial charge in [-0.15, -0.1) is 0 Å². The van der Waals surface area contributed by atoms with Crippen LogP contribution in [-0.2, 0) is 18.4 Å². The van der Waals surface area contributed by atoms with Crippen molar-refractivity contribution >= 4 is 39.1 Å². The summed E-state index contributed by atoms with van der Waals surface area (Å²) in [6.07, 6.45) is 1.71. The highest BCUT2D eigenvalue weighted by atomic mass is 79.9. The van der Waals surface area contributed by atoms with Gasteiger partial charge in [-0.1, -0.05) is 6.92 Å². The zero-order valence-corrected chi connectivity index (χ0v) is 18.3. The standard InChI is InChI=1S/C20H23BrN6O2/c1-12(11-27-14(3)18(21)13(2)24-27)19(28)22-15-5-7-16(8-6-15)23-20(29)17-9-10-26(4)25-17/h5-10,12H,11H2,1-4H3,(H,22,28)(H,23,29). The number of carbonyl (C=O) groups excluding carboxylic acids is 2. The molecule has 0 aliphatic rings. The van der Waals surface area contributed by atoms with E-state index in [0.29, 0.717) is 23.6 Å². The van der Waals surface area contributed by atoms with Gasteiger partial charge in [0, 0.05) is 30.3 Å². The van der Waals surface area contributed by atoms with Crippen LogP contribution in [0.15, 0.2) is 41.0 Å². The monoisotopic (exact) mass is 458 g/mol. The third-order valence-electron chi connectivity index (χ3n) is 4.54. The van der Waals surface area contributed by atoms with Gasteiger partial charge in [-0.25, -0.2) is 0 Å². The van der Waals surface area contributed by atoms with Crippen LogP contribution >= 0.6 is 15.9 Å². The zero-order chi connectivity index (χ0) is 21.1. The molecule has 1 atom stereocenters. The maximum atomic E-state index is 12.5. The number of nitrogens with one attached hydrogen (secondary N) is 2. The van der Waals surface area contributed by atoms with Gasteiger partial charge in [0.05, 0.1) is 22.6 Å². The Balaban J connectivity index is 1.57. The molecule has 2 amide bonds. The van der Waals surface area contributed by atoms with Crippen LogP contribution in [0.3, 0.4) is 0 Å². The highest BCUT2D eigenvalue weighted by Gasteiger charge is 2.17. The summed E-state index contributed by atoms with van der Waals surface area (Å²) in [4.78, 5) is 24.7. The Morgan fingerprint density at radius 2 is 1.69 bits per heavy atom. The molecule has 2 N–H and O–H groups in total. The lowest BCUT2D eigenvalue weighted by molar-refractivity contribution is -0.119. The summed E-state index contributed by atoms with van der Waals surface area (Å²) in [5, 5.41) is 14.2. The fraction of sp³-hybridized carbons (Fsp3) is 0.300. The van der Waals surface area contributed by atoms with Gasteiger partial charge in [-0.05, 0) is 60.1 Å². The molecule has 8 nitrogen and oxygen atoms in total. The fourth-order valence-corrected chi connectivity index (χ4v) is 3.11. The van der Waals surface area contributed by atoms with Crippen LogP contribution < -0.4 is 10.6 Å². The van der Waals surface area contributed by atoms with E-state index in [2.05, 4.69) is 36.8 Å². The molecule has 0 aliphatic heterocycles. The second-order valence-corrected chi connectivity index (χ2v) is 7.76. The number of nitrogens with zero attached hydrogens (tertiary/aromatic N) is 4. The van der Waals surface area contributed by atoms with Crippen molar-refractivity contribution < 1.29 is 9.59 Å². The lowest BCUT2D eigenvalue weighted by atomic mass is 10.1. The lowest BCUT2D eigenvalue weighted by Crippen LogP contribution is -2.25. The molecule has 152 valence electrons. The van der Waals surface area contributed by atoms with Gasteiger partial charge in [0.1, 0.15) is 0 Å². The van der Waals surface area contributed by atoms with E-state index in [1.807, 2.05) is 25.5 Å². The van der Waals surface area contributed by atoms with Crippen LogP contribution in [0, 0.1) is 19.8 Å². The number of benzene rings is 1. The molecule has 2 heterocycles. The first-order chi connectivity index (χ1) is 13.7. The highest BCUT2D eigenvalue weighted by Crippen LogP contribution is 2.21. The molecule has 1 aromatic carbocycles. The molecule has 2 aromatic heterocycles. The number of hydrogen-bond donors (Lipinski definition) is 2. The van der Waals surface area contributed by atoms with Gasteiger partial charge in [0.2, 0.25) is 5.91 Å². The number of amides is 2. The second-order valence-electron chi connectivity index (χ2n) is 6.96. The molecule has 0 saturated carbocycles. The molecule has 0 fully saturated rings. The van der Waals surface area contributed by atoms with E-state index >= 15 is 0 Å². The third kappa shape index (κ3) is 4.92. The molecule has 0 saturated heterocycles. The van der Waals surface area contributed by atoms with E-state index in [4.69, 9.17) is 0 Å². The van der Waals surface area contributed by atoms with Crippen molar-refractivity contribution in [1.29, 1.82) is 0 Å². The van der Waals surface area contributed by atoms with E-state index in [9.17, 15) is 9.59 Å². The molecule has 9 heteroatoms. The molecule has 0 spiro atoms. The van der Waals surface area contributed by atoms with Crippen molar-refractivity contribution in [1.82, 2.24) is 19.6 Å². The molecule has 3 rings (SSSR count). The molecule has 29 heavy (non-hydrogen) atoms. The highest BCUT2D eigenvalue weighted by molar-refractivity contribution is 9.10. The van der Waals surface area contributed by atoms with Gasteiger partial charge >= 0.3 is 0 Å². The summed E-state index contributed by atoms with van der Waals surface area (Å²) < 4.78 is 4.37. The number of halogens is 1. The van der Waals surface area contributed by atoms with Crippen molar-refractivity contribution in [3.63, 3.8) is 0 Å². The van der Waals surface area contributed by atoms with Crippen LogP contribution in [0.25, 0.3) is 0 Å². The van der Waals surface area contributed by atoms with E-state index < -0.39 is 0 Å². The minimum atomic E-state index is -0.285. The molecule has 0 bridgehead atoms. The normalized spacial score (nSPS) is 11.9. The summed E-state index contributed by atoms with van der Waals surface area (Å²) in [5.41, 5.74) is 3.52. The summed E-state index contributed by atoms with van der Waals surface area (Å²) >= 11 is 3.50. The minimum absolute atomic E-state index is 0.0982. The van der Waals surface area contributed by atoms with Gasteiger partial charge in [-0.3, -0.25) is 19.0 Å². The Bertz CT molecular complexity index is 1040. The number of anilines is 2. The predicted molar refractivity (Wildman–Crippen MR) is 115 cm³/mol. The lowest BCUT2D eigenvalue weighted by Gasteiger charge is -2.14. The molecule has 0 aliphatic carbocycles. The average molecular weight is 459 g/mol. The Labute approximate surface area is 177 Å². The Kier molecular flexibility index (Phi) is 6.17. The van der Waals surface area contributed by atoms with Crippen molar-refractivity contribution in [3.05, 3.63) is 58.1 Å². The van der Waals surface area contributed by atoms with E-state index in [0.717, 1.165) is 15.9 Å². The zero-order valence-electron chi connectivity index (χ0n) is 16.7. The summed E-state index contributed by atoms with van der Waals surface area (Å²) in [5.74, 6) is -0.644. The second kappa shape index (κ2) is 8.60. The van der Waals surface area contributed by atoms with Crippen molar-refractivity contribution in [2.75, 3.05) is 10.6 Å². The average Bonchev–Trinajstić information content (AvgIpc) is 3.22. The Hall–Kier alpha value is -2.94. The number of hydrogen-bond acceptors (Lipinski definition) is 4. The number of aryl methyl sites for hydroxylation is 2. The molecular formula is C20H23BrN6O2. The van der Waals surface area contributed by atoms with Crippen LogP contribution in [-0.4, -0.2) is 31.4 Å². The van der Waals surface area contributed by atoms with Gasteiger partial charge < -0.3 is 10.6 Å². The summed E-state index contributed by atoms with van der Waals surface area (Å²) in [7, 11) is 1.75. The summed E-state index contributed by atoms with van der Waals surface area (Å²) in [6.45, 7) is 6.24. The Morgan fingerprint density at radius 3 is 2.21 bits per heavy atom.